The fourth-order valence-corrected chi connectivity index (χ4v) is 2.90. The number of likely N-dealkylation sites (tertiary alicyclic amines) is 1. The van der Waals surface area contributed by atoms with Gasteiger partial charge in [0.25, 0.3) is 0 Å². The quantitative estimate of drug-likeness (QED) is 0.915. The summed E-state index contributed by atoms with van der Waals surface area (Å²) >= 11 is 0. The van der Waals surface area contributed by atoms with Gasteiger partial charge in [0.15, 0.2) is 0 Å². The van der Waals surface area contributed by atoms with E-state index in [0.29, 0.717) is 18.6 Å². The highest BCUT2D eigenvalue weighted by atomic mass is 16.3. The smallest absolute Gasteiger partial charge is 0.137 e. The van der Waals surface area contributed by atoms with Crippen LogP contribution in [0.1, 0.15) is 25.5 Å². The molecule has 0 aliphatic carbocycles. The van der Waals surface area contributed by atoms with E-state index in [1.165, 1.54) is 6.42 Å². The van der Waals surface area contributed by atoms with Crippen molar-refractivity contribution in [3.63, 3.8) is 0 Å². The van der Waals surface area contributed by atoms with Crippen molar-refractivity contribution in [1.82, 2.24) is 14.3 Å². The number of aliphatic hydroxyl groups excluding tert-OH is 1. The Kier molecular flexibility index (Phi) is 3.53. The molecular formula is C15H21N3O. The molecule has 0 saturated carbocycles. The Balaban J connectivity index is 1.75. The minimum absolute atomic E-state index is 0.300. The molecule has 1 N–H and O–H groups in total. The van der Waals surface area contributed by atoms with Crippen molar-refractivity contribution in [1.29, 1.82) is 0 Å². The Hall–Kier alpha value is -1.39. The van der Waals surface area contributed by atoms with Crippen molar-refractivity contribution in [3.8, 4) is 0 Å². The molecule has 4 heteroatoms. The Labute approximate surface area is 113 Å². The van der Waals surface area contributed by atoms with E-state index in [0.717, 1.165) is 30.9 Å². The zero-order chi connectivity index (χ0) is 13.2. The lowest BCUT2D eigenvalue weighted by molar-refractivity contribution is 0.0763. The van der Waals surface area contributed by atoms with Gasteiger partial charge in [-0.2, -0.15) is 0 Å². The van der Waals surface area contributed by atoms with Gasteiger partial charge in [-0.3, -0.25) is 4.90 Å². The molecule has 2 aromatic rings. The Bertz CT molecular complexity index is 518. The van der Waals surface area contributed by atoms with Gasteiger partial charge in [0, 0.05) is 38.1 Å². The van der Waals surface area contributed by atoms with Crippen molar-refractivity contribution in [2.75, 3.05) is 13.2 Å². The van der Waals surface area contributed by atoms with Crippen molar-refractivity contribution in [2.45, 2.75) is 32.4 Å². The normalized spacial score (nSPS) is 24.9. The number of hydrogen-bond donors (Lipinski definition) is 1. The topological polar surface area (TPSA) is 40.8 Å². The molecule has 1 aliphatic rings. The molecule has 102 valence electrons. The van der Waals surface area contributed by atoms with Gasteiger partial charge in [-0.25, -0.2) is 4.98 Å². The third-order valence-corrected chi connectivity index (χ3v) is 4.15. The Morgan fingerprint density at radius 1 is 1.37 bits per heavy atom. The van der Waals surface area contributed by atoms with Crippen LogP contribution < -0.4 is 0 Å². The molecule has 3 heterocycles. The van der Waals surface area contributed by atoms with Gasteiger partial charge in [-0.1, -0.05) is 6.07 Å². The van der Waals surface area contributed by atoms with Crippen LogP contribution in [0.3, 0.4) is 0 Å². The van der Waals surface area contributed by atoms with E-state index in [2.05, 4.69) is 27.4 Å². The number of nitrogens with zero attached hydrogens (tertiary/aromatic N) is 3. The molecule has 1 aliphatic heterocycles. The summed E-state index contributed by atoms with van der Waals surface area (Å²) < 4.78 is 2.06. The third kappa shape index (κ3) is 2.65. The fraction of sp³-hybridized carbons (Fsp3) is 0.533. The summed E-state index contributed by atoms with van der Waals surface area (Å²) in [6.07, 6.45) is 6.44. The van der Waals surface area contributed by atoms with Crippen molar-refractivity contribution >= 4 is 5.65 Å². The molecule has 3 rings (SSSR count). The van der Waals surface area contributed by atoms with Crippen molar-refractivity contribution in [3.05, 3.63) is 36.3 Å². The zero-order valence-corrected chi connectivity index (χ0v) is 11.4. The molecule has 0 amide bonds. The second-order valence-electron chi connectivity index (χ2n) is 5.60. The van der Waals surface area contributed by atoms with E-state index < -0.39 is 0 Å². The number of pyridine rings is 1. The van der Waals surface area contributed by atoms with E-state index in [9.17, 15) is 5.11 Å². The number of hydrogen-bond acceptors (Lipinski definition) is 3. The summed E-state index contributed by atoms with van der Waals surface area (Å²) in [7, 11) is 0. The van der Waals surface area contributed by atoms with Gasteiger partial charge >= 0.3 is 0 Å². The lowest BCUT2D eigenvalue weighted by Gasteiger charge is -2.36. The average molecular weight is 259 g/mol. The summed E-state index contributed by atoms with van der Waals surface area (Å²) in [5.41, 5.74) is 2.11. The van der Waals surface area contributed by atoms with Crippen LogP contribution in [0.25, 0.3) is 5.65 Å². The summed E-state index contributed by atoms with van der Waals surface area (Å²) in [6.45, 7) is 4.42. The molecule has 0 aromatic carbocycles. The van der Waals surface area contributed by atoms with E-state index in [1.54, 1.807) is 0 Å². The molecule has 1 saturated heterocycles. The Morgan fingerprint density at radius 3 is 3.05 bits per heavy atom. The third-order valence-electron chi connectivity index (χ3n) is 4.15. The van der Waals surface area contributed by atoms with Gasteiger partial charge in [0.2, 0.25) is 0 Å². The molecule has 1 fully saturated rings. The molecule has 2 unspecified atom stereocenters. The van der Waals surface area contributed by atoms with E-state index in [-0.39, 0.29) is 0 Å². The van der Waals surface area contributed by atoms with Gasteiger partial charge < -0.3 is 9.51 Å². The molecule has 0 bridgehead atoms. The van der Waals surface area contributed by atoms with Crippen molar-refractivity contribution in [2.24, 2.45) is 5.92 Å². The zero-order valence-electron chi connectivity index (χ0n) is 11.4. The second kappa shape index (κ2) is 5.31. The predicted octanol–water partition coefficient (Wildman–Crippen LogP) is 1.93. The highest BCUT2D eigenvalue weighted by molar-refractivity contribution is 5.39. The first-order valence-corrected chi connectivity index (χ1v) is 7.04. The largest absolute Gasteiger partial charge is 0.396 e. The number of piperidine rings is 1. The monoisotopic (exact) mass is 259 g/mol. The van der Waals surface area contributed by atoms with Gasteiger partial charge in [-0.15, -0.1) is 0 Å². The number of aliphatic hydroxyl groups is 1. The summed E-state index contributed by atoms with van der Waals surface area (Å²) in [4.78, 5) is 7.09. The summed E-state index contributed by atoms with van der Waals surface area (Å²) in [5.74, 6) is 0.424. The highest BCUT2D eigenvalue weighted by Crippen LogP contribution is 2.23. The van der Waals surface area contributed by atoms with Crippen LogP contribution in [0.15, 0.2) is 30.6 Å². The number of aromatic nitrogens is 2. The standard InChI is InChI=1S/C15H21N3O/c1-12-5-6-13(11-19)8-18(12)10-14-9-17-7-3-2-4-15(17)16-14/h2-4,7,9,12-13,19H,5-6,8,10-11H2,1H3. The highest BCUT2D eigenvalue weighted by Gasteiger charge is 2.25. The van der Waals surface area contributed by atoms with Crippen LogP contribution in [-0.2, 0) is 6.54 Å². The van der Waals surface area contributed by atoms with Crippen LogP contribution in [0.4, 0.5) is 0 Å². The molecule has 0 spiro atoms. The van der Waals surface area contributed by atoms with E-state index in [1.807, 2.05) is 24.4 Å². The first kappa shape index (κ1) is 12.6. The van der Waals surface area contributed by atoms with Gasteiger partial charge in [-0.05, 0) is 37.8 Å². The molecule has 4 nitrogen and oxygen atoms in total. The molecule has 19 heavy (non-hydrogen) atoms. The van der Waals surface area contributed by atoms with E-state index >= 15 is 0 Å². The van der Waals surface area contributed by atoms with Crippen LogP contribution in [0.2, 0.25) is 0 Å². The summed E-state index contributed by atoms with van der Waals surface area (Å²) in [5, 5.41) is 9.33. The second-order valence-corrected chi connectivity index (χ2v) is 5.60. The Morgan fingerprint density at radius 2 is 2.26 bits per heavy atom. The molecule has 2 atom stereocenters. The number of fused-ring (bicyclic) bond motifs is 1. The van der Waals surface area contributed by atoms with Crippen LogP contribution >= 0.6 is 0 Å². The lowest BCUT2D eigenvalue weighted by Crippen LogP contribution is -2.42. The first-order chi connectivity index (χ1) is 9.26. The molecule has 2 aromatic heterocycles. The molecule has 0 radical (unpaired) electrons. The maximum absolute atomic E-state index is 9.33. The number of rotatable bonds is 3. The van der Waals surface area contributed by atoms with Gasteiger partial charge in [0.05, 0.1) is 5.69 Å². The van der Waals surface area contributed by atoms with Gasteiger partial charge in [0.1, 0.15) is 5.65 Å². The number of imidazole rings is 1. The lowest BCUT2D eigenvalue weighted by atomic mass is 9.94. The molecular weight excluding hydrogens is 238 g/mol. The van der Waals surface area contributed by atoms with E-state index in [4.69, 9.17) is 0 Å². The van der Waals surface area contributed by atoms with Crippen LogP contribution in [-0.4, -0.2) is 38.6 Å². The minimum Gasteiger partial charge on any atom is -0.396 e. The maximum Gasteiger partial charge on any atom is 0.137 e. The fourth-order valence-electron chi connectivity index (χ4n) is 2.90. The predicted molar refractivity (Wildman–Crippen MR) is 74.9 cm³/mol. The first-order valence-electron chi connectivity index (χ1n) is 7.04. The maximum atomic E-state index is 9.33. The minimum atomic E-state index is 0.300. The SMILES string of the molecule is CC1CCC(CO)CN1Cc1cn2ccccc2n1. The van der Waals surface area contributed by atoms with Crippen LogP contribution in [0.5, 0.6) is 0 Å². The van der Waals surface area contributed by atoms with Crippen LogP contribution in [0, 0.1) is 5.92 Å². The average Bonchev–Trinajstić information content (AvgIpc) is 2.83. The summed E-state index contributed by atoms with van der Waals surface area (Å²) in [6, 6.07) is 6.63. The van der Waals surface area contributed by atoms with Crippen molar-refractivity contribution < 1.29 is 5.11 Å².